The molecule has 2 aliphatic rings. The molecule has 54 heavy (non-hydrogen) atoms. The van der Waals surface area contributed by atoms with Gasteiger partial charge in [-0.15, -0.1) is 0 Å². The van der Waals surface area contributed by atoms with Gasteiger partial charge in [-0.25, -0.2) is 0 Å². The number of benzene rings is 4. The van der Waals surface area contributed by atoms with E-state index in [1.165, 1.54) is 6.92 Å². The van der Waals surface area contributed by atoms with Crippen LogP contribution in [0.15, 0.2) is 97.1 Å². The van der Waals surface area contributed by atoms with Gasteiger partial charge in [0.25, 0.3) is 0 Å². The van der Waals surface area contributed by atoms with E-state index in [0.29, 0.717) is 50.3 Å². The van der Waals surface area contributed by atoms with Gasteiger partial charge in [-0.1, -0.05) is 90.8 Å². The van der Waals surface area contributed by atoms with Crippen LogP contribution in [0.1, 0.15) is 92.1 Å². The number of hydrogen-bond donors (Lipinski definition) is 4. The summed E-state index contributed by atoms with van der Waals surface area (Å²) in [6, 6.07) is 31.9. The highest BCUT2D eigenvalue weighted by atomic mass is 35.5. The lowest BCUT2D eigenvalue weighted by atomic mass is 9.84. The summed E-state index contributed by atoms with van der Waals surface area (Å²) in [5.74, 6) is -0.0114. The zero-order chi connectivity index (χ0) is 37.9. The number of ether oxygens (including phenoxy) is 2. The fraction of sp³-hybridized carbons (Fsp3) is 0.409. The number of piperidine rings is 1. The first-order valence-corrected chi connectivity index (χ1v) is 19.5. The summed E-state index contributed by atoms with van der Waals surface area (Å²) in [5.41, 5.74) is 5.90. The van der Waals surface area contributed by atoms with E-state index in [4.69, 9.17) is 21.1 Å². The SMILES string of the molecule is CC(=O)NCCCCCC(=O)NCc1cccc(-c2cccc([C@@H]3O[C@H](CN4CCC(O)(c5ccc(Cl)cc5)CC4)C[C@H](c4ccc(CO)cc4)O3)c2)c1. The average molecular weight is 754 g/mol. The number of hydrogen-bond acceptors (Lipinski definition) is 7. The van der Waals surface area contributed by atoms with Crippen LogP contribution in [0.5, 0.6) is 0 Å². The summed E-state index contributed by atoms with van der Waals surface area (Å²) >= 11 is 6.11. The molecule has 10 heteroatoms. The molecule has 0 saturated carbocycles. The minimum atomic E-state index is -0.878. The Balaban J connectivity index is 1.10. The predicted octanol–water partition coefficient (Wildman–Crippen LogP) is 7.34. The highest BCUT2D eigenvalue weighted by molar-refractivity contribution is 6.30. The Bertz CT molecular complexity index is 1830. The van der Waals surface area contributed by atoms with E-state index in [-0.39, 0.29) is 30.6 Å². The van der Waals surface area contributed by atoms with Crippen LogP contribution in [-0.4, -0.2) is 59.2 Å². The summed E-state index contributed by atoms with van der Waals surface area (Å²) in [6.07, 6.45) is 4.01. The Hall–Kier alpha value is -4.09. The topological polar surface area (TPSA) is 120 Å². The molecular weight excluding hydrogens is 702 g/mol. The van der Waals surface area contributed by atoms with E-state index in [1.54, 1.807) is 0 Å². The molecule has 0 spiro atoms. The number of nitrogens with zero attached hydrogens (tertiary/aromatic N) is 1. The minimum Gasteiger partial charge on any atom is -0.392 e. The van der Waals surface area contributed by atoms with Crippen molar-refractivity contribution in [1.82, 2.24) is 15.5 Å². The van der Waals surface area contributed by atoms with E-state index < -0.39 is 11.9 Å². The monoisotopic (exact) mass is 753 g/mol. The van der Waals surface area contributed by atoms with Crippen LogP contribution in [0.25, 0.3) is 11.1 Å². The number of carbonyl (C=O) groups excluding carboxylic acids is 2. The second-order valence-electron chi connectivity index (χ2n) is 14.6. The van der Waals surface area contributed by atoms with Crippen LogP contribution in [-0.2, 0) is 37.8 Å². The third-order valence-electron chi connectivity index (χ3n) is 10.5. The summed E-state index contributed by atoms with van der Waals surface area (Å²) in [5, 5.41) is 27.6. The van der Waals surface area contributed by atoms with Gasteiger partial charge in [-0.3, -0.25) is 9.59 Å². The Morgan fingerprint density at radius 1 is 0.833 bits per heavy atom. The fourth-order valence-electron chi connectivity index (χ4n) is 7.34. The lowest BCUT2D eigenvalue weighted by Crippen LogP contribution is -2.46. The lowest BCUT2D eigenvalue weighted by Gasteiger charge is -2.42. The van der Waals surface area contributed by atoms with Gasteiger partial charge >= 0.3 is 0 Å². The molecule has 4 aromatic rings. The van der Waals surface area contributed by atoms with Gasteiger partial charge in [-0.05, 0) is 83.3 Å². The van der Waals surface area contributed by atoms with E-state index in [2.05, 4.69) is 39.8 Å². The zero-order valence-electron chi connectivity index (χ0n) is 31.0. The first-order chi connectivity index (χ1) is 26.2. The van der Waals surface area contributed by atoms with Crippen molar-refractivity contribution in [2.24, 2.45) is 0 Å². The maximum atomic E-state index is 12.5. The first kappa shape index (κ1) is 39.6. The summed E-state index contributed by atoms with van der Waals surface area (Å²) in [4.78, 5) is 25.9. The quantitative estimate of drug-likeness (QED) is 0.0939. The van der Waals surface area contributed by atoms with E-state index >= 15 is 0 Å². The van der Waals surface area contributed by atoms with Crippen LogP contribution < -0.4 is 10.6 Å². The summed E-state index contributed by atoms with van der Waals surface area (Å²) in [6.45, 7) is 4.78. The third kappa shape index (κ3) is 11.0. The maximum Gasteiger partial charge on any atom is 0.220 e. The van der Waals surface area contributed by atoms with Crippen LogP contribution in [0.2, 0.25) is 5.02 Å². The molecular formula is C44H52ClN3O6. The minimum absolute atomic E-state index is 0.0139. The zero-order valence-corrected chi connectivity index (χ0v) is 31.8. The number of halogens is 1. The Kier molecular flexibility index (Phi) is 13.9. The normalized spacial score (nSPS) is 20.0. The van der Waals surface area contributed by atoms with Crippen LogP contribution in [0.3, 0.4) is 0 Å². The smallest absolute Gasteiger partial charge is 0.220 e. The molecule has 4 aromatic carbocycles. The molecule has 0 aromatic heterocycles. The van der Waals surface area contributed by atoms with Crippen LogP contribution >= 0.6 is 11.6 Å². The second-order valence-corrected chi connectivity index (χ2v) is 15.0. The van der Waals surface area contributed by atoms with Crippen molar-refractivity contribution >= 4 is 23.4 Å². The van der Waals surface area contributed by atoms with Gasteiger partial charge in [-0.2, -0.15) is 0 Å². The molecule has 3 atom stereocenters. The van der Waals surface area contributed by atoms with Crippen molar-refractivity contribution in [2.45, 2.75) is 89.1 Å². The summed E-state index contributed by atoms with van der Waals surface area (Å²) in [7, 11) is 0. The van der Waals surface area contributed by atoms with Gasteiger partial charge in [0, 0.05) is 63.1 Å². The summed E-state index contributed by atoms with van der Waals surface area (Å²) < 4.78 is 13.4. The van der Waals surface area contributed by atoms with Crippen molar-refractivity contribution in [2.75, 3.05) is 26.2 Å². The maximum absolute atomic E-state index is 12.5. The average Bonchev–Trinajstić information content (AvgIpc) is 3.19. The first-order valence-electron chi connectivity index (χ1n) is 19.1. The molecule has 2 fully saturated rings. The molecule has 286 valence electrons. The van der Waals surface area contributed by atoms with Crippen molar-refractivity contribution in [3.63, 3.8) is 0 Å². The van der Waals surface area contributed by atoms with Crippen molar-refractivity contribution < 1.29 is 29.3 Å². The highest BCUT2D eigenvalue weighted by Gasteiger charge is 2.37. The van der Waals surface area contributed by atoms with Gasteiger partial charge in [0.2, 0.25) is 11.8 Å². The molecule has 0 radical (unpaired) electrons. The number of carbonyl (C=O) groups is 2. The molecule has 9 nitrogen and oxygen atoms in total. The van der Waals surface area contributed by atoms with Crippen molar-refractivity contribution in [1.29, 1.82) is 0 Å². The number of aliphatic hydroxyl groups excluding tert-OH is 1. The number of nitrogens with one attached hydrogen (secondary N) is 2. The van der Waals surface area contributed by atoms with Gasteiger partial charge in [0.15, 0.2) is 6.29 Å². The Morgan fingerprint density at radius 3 is 2.28 bits per heavy atom. The Labute approximate surface area is 323 Å². The molecule has 6 rings (SSSR count). The molecule has 2 amide bonds. The molecule has 0 unspecified atom stereocenters. The fourth-order valence-corrected chi connectivity index (χ4v) is 7.47. The number of likely N-dealkylation sites (tertiary alicyclic amines) is 1. The predicted molar refractivity (Wildman–Crippen MR) is 210 cm³/mol. The van der Waals surface area contributed by atoms with Crippen molar-refractivity contribution in [3.8, 4) is 11.1 Å². The highest BCUT2D eigenvalue weighted by Crippen LogP contribution is 2.40. The number of aliphatic hydroxyl groups is 2. The molecule has 2 aliphatic heterocycles. The van der Waals surface area contributed by atoms with Gasteiger partial charge in [0.05, 0.1) is 24.4 Å². The lowest BCUT2D eigenvalue weighted by molar-refractivity contribution is -0.253. The molecule has 0 aliphatic carbocycles. The number of amides is 2. The molecule has 4 N–H and O–H groups in total. The van der Waals surface area contributed by atoms with Gasteiger partial charge < -0.3 is 35.2 Å². The molecule has 2 saturated heterocycles. The number of rotatable bonds is 15. The molecule has 0 bridgehead atoms. The number of unbranched alkanes of at least 4 members (excludes halogenated alkanes) is 2. The Morgan fingerprint density at radius 2 is 1.56 bits per heavy atom. The van der Waals surface area contributed by atoms with E-state index in [0.717, 1.165) is 71.3 Å². The largest absolute Gasteiger partial charge is 0.392 e. The standard InChI is InChI=1S/C44H52ClN3O6/c1-31(50)46-22-4-2-3-11-42(51)47-28-33-7-5-8-35(25-33)36-9-6-10-37(26-36)43-53-40(27-41(54-43)34-14-12-32(30-49)13-15-34)29-48-23-20-44(52,21-24-48)38-16-18-39(45)19-17-38/h5-10,12-19,25-26,40-41,43,49,52H,2-4,11,20-24,27-30H2,1H3,(H,46,50)(H,47,51)/t40-,41+,43+/m0/s1. The van der Waals surface area contributed by atoms with Crippen LogP contribution in [0.4, 0.5) is 0 Å². The van der Waals surface area contributed by atoms with Crippen molar-refractivity contribution in [3.05, 3.63) is 130 Å². The van der Waals surface area contributed by atoms with E-state index in [1.807, 2.05) is 72.8 Å². The third-order valence-corrected chi connectivity index (χ3v) is 10.8. The van der Waals surface area contributed by atoms with Crippen LogP contribution in [0, 0.1) is 0 Å². The van der Waals surface area contributed by atoms with Gasteiger partial charge in [0.1, 0.15) is 0 Å². The van der Waals surface area contributed by atoms with E-state index in [9.17, 15) is 19.8 Å². The molecule has 2 heterocycles. The second kappa shape index (κ2) is 19.0.